The third-order valence-electron chi connectivity index (χ3n) is 2.67. The van der Waals surface area contributed by atoms with Gasteiger partial charge in [-0.25, -0.2) is 4.39 Å². The molecule has 0 fully saturated rings. The molecule has 1 unspecified atom stereocenters. The zero-order valence-electron chi connectivity index (χ0n) is 9.16. The Morgan fingerprint density at radius 2 is 2.31 bits per heavy atom. The van der Waals surface area contributed by atoms with E-state index in [1.54, 1.807) is 6.07 Å². The lowest BCUT2D eigenvalue weighted by Gasteiger charge is -2.20. The zero-order valence-corrected chi connectivity index (χ0v) is 9.16. The van der Waals surface area contributed by atoms with Crippen LogP contribution in [0.25, 0.3) is 0 Å². The van der Waals surface area contributed by atoms with Gasteiger partial charge < -0.3 is 10.5 Å². The molecule has 2 nitrogen and oxygen atoms in total. The molecule has 0 aliphatic carbocycles. The van der Waals surface area contributed by atoms with Crippen molar-refractivity contribution >= 4 is 0 Å². The van der Waals surface area contributed by atoms with Gasteiger partial charge in [0.15, 0.2) is 0 Å². The molecule has 86 valence electrons. The molecular formula is C13H16FNO. The Morgan fingerprint density at radius 3 is 3.00 bits per heavy atom. The highest BCUT2D eigenvalue weighted by Gasteiger charge is 2.14. The molecule has 0 aromatic heterocycles. The Labute approximate surface area is 94.9 Å². The summed E-state index contributed by atoms with van der Waals surface area (Å²) >= 11 is 0. The summed E-state index contributed by atoms with van der Waals surface area (Å²) in [6.45, 7) is 0.739. The second-order valence-corrected chi connectivity index (χ2v) is 4.04. The predicted octanol–water partition coefficient (Wildman–Crippen LogP) is 2.39. The number of benzene rings is 1. The minimum atomic E-state index is -0.219. The van der Waals surface area contributed by atoms with Crippen molar-refractivity contribution in [2.75, 3.05) is 6.61 Å². The molecule has 0 spiro atoms. The number of allylic oxidation sites excluding steroid dienone is 1. The van der Waals surface area contributed by atoms with Crippen LogP contribution in [0.15, 0.2) is 36.1 Å². The number of halogens is 1. The lowest BCUT2D eigenvalue weighted by Crippen LogP contribution is -2.28. The van der Waals surface area contributed by atoms with E-state index in [0.717, 1.165) is 30.8 Å². The summed E-state index contributed by atoms with van der Waals surface area (Å²) in [5.74, 6) is 0.624. The van der Waals surface area contributed by atoms with Crippen LogP contribution in [0.4, 0.5) is 4.39 Å². The van der Waals surface area contributed by atoms with Gasteiger partial charge >= 0.3 is 0 Å². The smallest absolute Gasteiger partial charge is 0.123 e. The second-order valence-electron chi connectivity index (χ2n) is 4.04. The summed E-state index contributed by atoms with van der Waals surface area (Å²) < 4.78 is 18.5. The Kier molecular flexibility index (Phi) is 3.57. The SMILES string of the molecule is NC(Cc1cccc(F)c1)C1=CCCCO1. The van der Waals surface area contributed by atoms with Crippen molar-refractivity contribution in [2.24, 2.45) is 5.73 Å². The van der Waals surface area contributed by atoms with Crippen molar-refractivity contribution in [3.8, 4) is 0 Å². The first-order valence-corrected chi connectivity index (χ1v) is 5.58. The second kappa shape index (κ2) is 5.12. The monoisotopic (exact) mass is 221 g/mol. The Balaban J connectivity index is 2.01. The molecule has 1 atom stereocenters. The summed E-state index contributed by atoms with van der Waals surface area (Å²) in [7, 11) is 0. The van der Waals surface area contributed by atoms with Gasteiger partial charge in [-0.1, -0.05) is 12.1 Å². The van der Waals surface area contributed by atoms with Crippen LogP contribution < -0.4 is 5.73 Å². The summed E-state index contributed by atoms with van der Waals surface area (Å²) in [5, 5.41) is 0. The molecule has 3 heteroatoms. The van der Waals surface area contributed by atoms with Crippen LogP contribution in [0.3, 0.4) is 0 Å². The Bertz CT molecular complexity index is 389. The number of hydrogen-bond donors (Lipinski definition) is 1. The summed E-state index contributed by atoms with van der Waals surface area (Å²) in [4.78, 5) is 0. The average Bonchev–Trinajstić information content (AvgIpc) is 2.30. The minimum absolute atomic E-state index is 0.165. The third kappa shape index (κ3) is 2.83. The van der Waals surface area contributed by atoms with Crippen molar-refractivity contribution in [2.45, 2.75) is 25.3 Å². The van der Waals surface area contributed by atoms with Crippen LogP contribution in [0.5, 0.6) is 0 Å². The van der Waals surface area contributed by atoms with Gasteiger partial charge in [0.2, 0.25) is 0 Å². The maximum atomic E-state index is 13.0. The van der Waals surface area contributed by atoms with Crippen molar-refractivity contribution in [3.05, 3.63) is 47.5 Å². The van der Waals surface area contributed by atoms with Crippen LogP contribution in [0, 0.1) is 5.82 Å². The van der Waals surface area contributed by atoms with E-state index in [4.69, 9.17) is 10.5 Å². The fourth-order valence-electron chi connectivity index (χ4n) is 1.85. The van der Waals surface area contributed by atoms with Crippen molar-refractivity contribution in [1.82, 2.24) is 0 Å². The van der Waals surface area contributed by atoms with E-state index in [9.17, 15) is 4.39 Å². The Morgan fingerprint density at radius 1 is 1.44 bits per heavy atom. The quantitative estimate of drug-likeness (QED) is 0.850. The normalized spacial score (nSPS) is 17.5. The van der Waals surface area contributed by atoms with E-state index < -0.39 is 0 Å². The van der Waals surface area contributed by atoms with E-state index in [1.807, 2.05) is 12.1 Å². The van der Waals surface area contributed by atoms with E-state index in [2.05, 4.69) is 0 Å². The van der Waals surface area contributed by atoms with Gasteiger partial charge in [-0.15, -0.1) is 0 Å². The van der Waals surface area contributed by atoms with E-state index in [-0.39, 0.29) is 11.9 Å². The maximum Gasteiger partial charge on any atom is 0.123 e. The van der Waals surface area contributed by atoms with Gasteiger partial charge in [0, 0.05) is 0 Å². The van der Waals surface area contributed by atoms with Crippen LogP contribution >= 0.6 is 0 Å². The standard InChI is InChI=1S/C13H16FNO/c14-11-5-3-4-10(8-11)9-12(15)13-6-1-2-7-16-13/h3-6,8,12H,1-2,7,9,15H2. The minimum Gasteiger partial charge on any atom is -0.497 e. The molecule has 1 aliphatic heterocycles. The fraction of sp³-hybridized carbons (Fsp3) is 0.385. The molecule has 0 saturated carbocycles. The van der Waals surface area contributed by atoms with Gasteiger partial charge in [-0.2, -0.15) is 0 Å². The van der Waals surface area contributed by atoms with Crippen LogP contribution in [0.1, 0.15) is 18.4 Å². The average molecular weight is 221 g/mol. The van der Waals surface area contributed by atoms with Gasteiger partial charge in [-0.05, 0) is 43.0 Å². The highest BCUT2D eigenvalue weighted by Crippen LogP contribution is 2.16. The molecule has 1 heterocycles. The zero-order chi connectivity index (χ0) is 11.4. The lowest BCUT2D eigenvalue weighted by atomic mass is 10.0. The fourth-order valence-corrected chi connectivity index (χ4v) is 1.85. The molecule has 0 amide bonds. The van der Waals surface area contributed by atoms with Gasteiger partial charge in [0.1, 0.15) is 11.6 Å². The summed E-state index contributed by atoms with van der Waals surface area (Å²) in [5.41, 5.74) is 6.92. The van der Waals surface area contributed by atoms with Crippen LogP contribution in [-0.4, -0.2) is 12.6 Å². The number of rotatable bonds is 3. The summed E-state index contributed by atoms with van der Waals surface area (Å²) in [6, 6.07) is 6.37. The number of ether oxygens (including phenoxy) is 1. The van der Waals surface area contributed by atoms with E-state index in [1.165, 1.54) is 12.1 Å². The Hall–Kier alpha value is -1.35. The first-order chi connectivity index (χ1) is 7.75. The molecule has 2 N–H and O–H groups in total. The largest absolute Gasteiger partial charge is 0.497 e. The molecule has 2 rings (SSSR count). The summed E-state index contributed by atoms with van der Waals surface area (Å²) in [6.07, 6.45) is 4.72. The molecule has 1 aromatic rings. The van der Waals surface area contributed by atoms with Crippen LogP contribution in [-0.2, 0) is 11.2 Å². The number of nitrogens with two attached hydrogens (primary N) is 1. The van der Waals surface area contributed by atoms with E-state index >= 15 is 0 Å². The topological polar surface area (TPSA) is 35.2 Å². The molecular weight excluding hydrogens is 205 g/mol. The molecule has 0 bridgehead atoms. The molecule has 1 aromatic carbocycles. The molecule has 0 saturated heterocycles. The molecule has 1 aliphatic rings. The van der Waals surface area contributed by atoms with Crippen LogP contribution in [0.2, 0.25) is 0 Å². The van der Waals surface area contributed by atoms with Crippen molar-refractivity contribution in [3.63, 3.8) is 0 Å². The maximum absolute atomic E-state index is 13.0. The van der Waals surface area contributed by atoms with Gasteiger partial charge in [0.25, 0.3) is 0 Å². The first-order valence-electron chi connectivity index (χ1n) is 5.58. The highest BCUT2D eigenvalue weighted by atomic mass is 19.1. The van der Waals surface area contributed by atoms with E-state index in [0.29, 0.717) is 6.42 Å². The van der Waals surface area contributed by atoms with Gasteiger partial charge in [0.05, 0.1) is 12.6 Å². The predicted molar refractivity (Wildman–Crippen MR) is 61.3 cm³/mol. The van der Waals surface area contributed by atoms with Gasteiger partial charge in [-0.3, -0.25) is 0 Å². The third-order valence-corrected chi connectivity index (χ3v) is 2.67. The van der Waals surface area contributed by atoms with Crippen molar-refractivity contribution < 1.29 is 9.13 Å². The van der Waals surface area contributed by atoms with Crippen molar-refractivity contribution in [1.29, 1.82) is 0 Å². The first kappa shape index (κ1) is 11.1. The molecule has 0 radical (unpaired) electrons. The molecule has 16 heavy (non-hydrogen) atoms. The highest BCUT2D eigenvalue weighted by molar-refractivity contribution is 5.20. The lowest BCUT2D eigenvalue weighted by molar-refractivity contribution is 0.175. The number of hydrogen-bond acceptors (Lipinski definition) is 2.